The Balaban J connectivity index is 2.22. The standard InChI is InChI=1S/C26H37N9O7/c27-17(8-9-21(36)37)22(38)34-19(11-15-5-2-1-3-6-15)23(39)35-20(12-16-13-30-14-32-16)24(40)33-18(25(41)42)7-4-10-31-26(28)29/h1-3,5-6,13-14,17-20H,4,7-12,27H2,(H,30,32)(H,33,40)(H,34,38)(H,35,39)(H,36,37)(H,41,42)(H4,28,29,31). The molecule has 4 unspecified atom stereocenters. The van der Waals surface area contributed by atoms with Gasteiger partial charge in [0.2, 0.25) is 17.7 Å². The van der Waals surface area contributed by atoms with Gasteiger partial charge in [-0.05, 0) is 24.8 Å². The fourth-order valence-corrected chi connectivity index (χ4v) is 3.88. The minimum atomic E-state index is -1.29. The number of rotatable bonds is 18. The highest BCUT2D eigenvalue weighted by Crippen LogP contribution is 2.08. The Morgan fingerprint density at radius 1 is 0.881 bits per heavy atom. The summed E-state index contributed by atoms with van der Waals surface area (Å²) in [4.78, 5) is 72.7. The summed E-state index contributed by atoms with van der Waals surface area (Å²) in [5.74, 6) is -4.82. The van der Waals surface area contributed by atoms with Crippen molar-refractivity contribution in [2.24, 2.45) is 22.2 Å². The van der Waals surface area contributed by atoms with Crippen LogP contribution in [0.2, 0.25) is 0 Å². The first kappa shape index (κ1) is 33.2. The summed E-state index contributed by atoms with van der Waals surface area (Å²) in [5, 5.41) is 26.1. The molecule has 16 nitrogen and oxygen atoms in total. The predicted molar refractivity (Wildman–Crippen MR) is 151 cm³/mol. The average Bonchev–Trinajstić information content (AvgIpc) is 3.45. The number of aromatic amines is 1. The van der Waals surface area contributed by atoms with Crippen molar-refractivity contribution in [3.8, 4) is 0 Å². The number of benzene rings is 1. The molecule has 0 spiro atoms. The van der Waals surface area contributed by atoms with Crippen LogP contribution in [0.4, 0.5) is 0 Å². The van der Waals surface area contributed by atoms with Crippen LogP contribution >= 0.6 is 0 Å². The van der Waals surface area contributed by atoms with Gasteiger partial charge < -0.3 is 48.3 Å². The third-order valence-corrected chi connectivity index (χ3v) is 6.09. The van der Waals surface area contributed by atoms with E-state index in [0.717, 1.165) is 0 Å². The summed E-state index contributed by atoms with van der Waals surface area (Å²) in [6.07, 6.45) is 2.59. The van der Waals surface area contributed by atoms with Crippen LogP contribution in [0.25, 0.3) is 0 Å². The van der Waals surface area contributed by atoms with Gasteiger partial charge in [0.05, 0.1) is 12.4 Å². The molecule has 2 rings (SSSR count). The number of hydrogen-bond donors (Lipinski definition) is 9. The number of carboxylic acid groups (broad SMARTS) is 2. The Kier molecular flexibility index (Phi) is 13.4. The van der Waals surface area contributed by atoms with E-state index < -0.39 is 53.8 Å². The maximum absolute atomic E-state index is 13.5. The van der Waals surface area contributed by atoms with E-state index in [4.69, 9.17) is 22.3 Å². The molecule has 2 aromatic rings. The zero-order chi connectivity index (χ0) is 31.1. The normalized spacial score (nSPS) is 13.5. The van der Waals surface area contributed by atoms with E-state index in [1.54, 1.807) is 30.3 Å². The number of carboxylic acids is 2. The number of H-pyrrole nitrogens is 1. The first-order valence-electron chi connectivity index (χ1n) is 13.1. The van der Waals surface area contributed by atoms with E-state index in [1.165, 1.54) is 12.5 Å². The number of nitrogens with two attached hydrogens (primary N) is 3. The number of nitrogens with zero attached hydrogens (tertiary/aromatic N) is 2. The third-order valence-electron chi connectivity index (χ3n) is 6.09. The molecule has 228 valence electrons. The average molecular weight is 588 g/mol. The van der Waals surface area contributed by atoms with Crippen molar-refractivity contribution >= 4 is 35.6 Å². The lowest BCUT2D eigenvalue weighted by Gasteiger charge is -2.25. The molecule has 0 bridgehead atoms. The molecule has 0 saturated heterocycles. The van der Waals surface area contributed by atoms with Crippen molar-refractivity contribution in [3.63, 3.8) is 0 Å². The number of aliphatic imine (C=N–C) groups is 1. The van der Waals surface area contributed by atoms with E-state index in [9.17, 15) is 29.1 Å². The molecule has 0 fully saturated rings. The van der Waals surface area contributed by atoms with Crippen LogP contribution in [0.3, 0.4) is 0 Å². The molecule has 0 radical (unpaired) electrons. The number of guanidine groups is 1. The van der Waals surface area contributed by atoms with Crippen LogP contribution in [0.1, 0.15) is 36.9 Å². The highest BCUT2D eigenvalue weighted by atomic mass is 16.4. The van der Waals surface area contributed by atoms with Crippen LogP contribution in [0.15, 0.2) is 47.8 Å². The van der Waals surface area contributed by atoms with Crippen molar-refractivity contribution in [3.05, 3.63) is 54.1 Å². The highest BCUT2D eigenvalue weighted by Gasteiger charge is 2.31. The quantitative estimate of drug-likeness (QED) is 0.0521. The van der Waals surface area contributed by atoms with Crippen LogP contribution in [-0.2, 0) is 36.8 Å². The molecule has 0 aliphatic heterocycles. The second kappa shape index (κ2) is 17.0. The summed E-state index contributed by atoms with van der Waals surface area (Å²) >= 11 is 0. The Bertz CT molecular complexity index is 1220. The summed E-state index contributed by atoms with van der Waals surface area (Å²) in [6, 6.07) is 3.83. The summed E-state index contributed by atoms with van der Waals surface area (Å²) in [7, 11) is 0. The van der Waals surface area contributed by atoms with Crippen molar-refractivity contribution < 1.29 is 34.2 Å². The van der Waals surface area contributed by atoms with Gasteiger partial charge in [0, 0.05) is 37.7 Å². The van der Waals surface area contributed by atoms with Gasteiger partial charge in [-0.3, -0.25) is 24.2 Å². The van der Waals surface area contributed by atoms with Crippen molar-refractivity contribution in [2.45, 2.75) is 62.7 Å². The largest absolute Gasteiger partial charge is 0.481 e. The summed E-state index contributed by atoms with van der Waals surface area (Å²) in [6.45, 7) is 0.158. The van der Waals surface area contributed by atoms with Gasteiger partial charge in [-0.2, -0.15) is 0 Å². The van der Waals surface area contributed by atoms with E-state index in [-0.39, 0.29) is 51.0 Å². The summed E-state index contributed by atoms with van der Waals surface area (Å²) in [5.41, 5.74) is 17.6. The van der Waals surface area contributed by atoms with Gasteiger partial charge in [0.1, 0.15) is 18.1 Å². The van der Waals surface area contributed by atoms with Crippen LogP contribution in [-0.4, -0.2) is 86.5 Å². The monoisotopic (exact) mass is 587 g/mol. The lowest BCUT2D eigenvalue weighted by Crippen LogP contribution is -2.58. The van der Waals surface area contributed by atoms with Crippen molar-refractivity contribution in [1.82, 2.24) is 25.9 Å². The number of amides is 3. The van der Waals surface area contributed by atoms with Crippen molar-refractivity contribution in [2.75, 3.05) is 6.54 Å². The number of imidazole rings is 1. The molecule has 16 heteroatoms. The second-order valence-electron chi connectivity index (χ2n) is 9.48. The highest BCUT2D eigenvalue weighted by molar-refractivity contribution is 5.94. The molecule has 1 aromatic carbocycles. The fourth-order valence-electron chi connectivity index (χ4n) is 3.88. The Morgan fingerprint density at radius 3 is 2.07 bits per heavy atom. The lowest BCUT2D eigenvalue weighted by atomic mass is 10.0. The molecule has 42 heavy (non-hydrogen) atoms. The SMILES string of the molecule is NC(N)=NCCCC(NC(=O)C(Cc1cnc[nH]1)NC(=O)C(Cc1ccccc1)NC(=O)C(N)CCC(=O)O)C(=O)O. The molecule has 0 saturated carbocycles. The van der Waals surface area contributed by atoms with Crippen LogP contribution in [0.5, 0.6) is 0 Å². The van der Waals surface area contributed by atoms with E-state index in [1.807, 2.05) is 0 Å². The zero-order valence-corrected chi connectivity index (χ0v) is 22.9. The molecule has 12 N–H and O–H groups in total. The maximum atomic E-state index is 13.5. The summed E-state index contributed by atoms with van der Waals surface area (Å²) < 4.78 is 0. The van der Waals surface area contributed by atoms with E-state index in [2.05, 4.69) is 30.9 Å². The molecular weight excluding hydrogens is 550 g/mol. The van der Waals surface area contributed by atoms with Gasteiger partial charge in [-0.15, -0.1) is 0 Å². The molecule has 0 aliphatic carbocycles. The zero-order valence-electron chi connectivity index (χ0n) is 22.9. The van der Waals surface area contributed by atoms with Crippen LogP contribution < -0.4 is 33.2 Å². The Labute approximate surface area is 241 Å². The minimum absolute atomic E-state index is 0.0174. The number of carbonyl (C=O) groups is 5. The van der Waals surface area contributed by atoms with E-state index >= 15 is 0 Å². The third kappa shape index (κ3) is 12.0. The van der Waals surface area contributed by atoms with Crippen LogP contribution in [0, 0.1) is 0 Å². The molecule has 1 aromatic heterocycles. The maximum Gasteiger partial charge on any atom is 0.326 e. The van der Waals surface area contributed by atoms with Gasteiger partial charge in [-0.25, -0.2) is 9.78 Å². The number of aliphatic carboxylic acids is 2. The predicted octanol–water partition coefficient (Wildman–Crippen LogP) is -2.02. The van der Waals surface area contributed by atoms with E-state index in [0.29, 0.717) is 11.3 Å². The number of hydrogen-bond acceptors (Lipinski definition) is 8. The number of aromatic nitrogens is 2. The molecule has 3 amide bonds. The number of nitrogens with one attached hydrogen (secondary N) is 4. The Hall–Kier alpha value is -4.99. The van der Waals surface area contributed by atoms with Gasteiger partial charge in [0.15, 0.2) is 5.96 Å². The molecule has 1 heterocycles. The molecule has 0 aliphatic rings. The second-order valence-corrected chi connectivity index (χ2v) is 9.48. The Morgan fingerprint density at radius 2 is 1.50 bits per heavy atom. The van der Waals surface area contributed by atoms with Crippen molar-refractivity contribution in [1.29, 1.82) is 0 Å². The molecular formula is C26H37N9O7. The first-order valence-corrected chi connectivity index (χ1v) is 13.1. The van der Waals surface area contributed by atoms with Gasteiger partial charge >= 0.3 is 11.9 Å². The minimum Gasteiger partial charge on any atom is -0.481 e. The number of carbonyl (C=O) groups excluding carboxylic acids is 3. The van der Waals surface area contributed by atoms with Gasteiger partial charge in [0.25, 0.3) is 0 Å². The smallest absolute Gasteiger partial charge is 0.326 e. The first-order chi connectivity index (χ1) is 20.0. The fraction of sp³-hybridized carbons (Fsp3) is 0.423. The molecule has 4 atom stereocenters. The topological polar surface area (TPSA) is 281 Å². The van der Waals surface area contributed by atoms with Gasteiger partial charge in [-0.1, -0.05) is 30.3 Å². The lowest BCUT2D eigenvalue weighted by molar-refractivity contribution is -0.142.